The van der Waals surface area contributed by atoms with Crippen LogP contribution in [0.5, 0.6) is 0 Å². The molecule has 3 nitrogen and oxygen atoms in total. The summed E-state index contributed by atoms with van der Waals surface area (Å²) < 4.78 is 43.6. The molecule has 0 bridgehead atoms. The zero-order valence-corrected chi connectivity index (χ0v) is 11.4. The van der Waals surface area contributed by atoms with E-state index in [0.717, 1.165) is 12.1 Å². The Morgan fingerprint density at radius 3 is 2.59 bits per heavy atom. The van der Waals surface area contributed by atoms with Crippen LogP contribution in [0.25, 0.3) is 0 Å². The van der Waals surface area contributed by atoms with Crippen LogP contribution in [0.2, 0.25) is 0 Å². The lowest BCUT2D eigenvalue weighted by atomic mass is 9.92. The molecule has 1 saturated carbocycles. The van der Waals surface area contributed by atoms with E-state index in [0.29, 0.717) is 5.76 Å². The minimum absolute atomic E-state index is 0.116. The molecule has 1 heterocycles. The molecule has 0 aliphatic heterocycles. The molecule has 6 heteroatoms. The molecule has 3 rings (SSSR count). The fourth-order valence-corrected chi connectivity index (χ4v) is 2.80. The maximum Gasteiger partial charge on any atom is 0.416 e. The van der Waals surface area contributed by atoms with E-state index in [1.54, 1.807) is 12.1 Å². The summed E-state index contributed by atoms with van der Waals surface area (Å²) in [4.78, 5) is 12.5. The highest BCUT2D eigenvalue weighted by Crippen LogP contribution is 2.40. The van der Waals surface area contributed by atoms with Crippen molar-refractivity contribution in [3.63, 3.8) is 0 Å². The Balaban J connectivity index is 1.95. The van der Waals surface area contributed by atoms with E-state index in [1.807, 2.05) is 0 Å². The van der Waals surface area contributed by atoms with Gasteiger partial charge in [0, 0.05) is 12.1 Å². The monoisotopic (exact) mass is 307 g/mol. The largest absolute Gasteiger partial charge is 0.469 e. The van der Waals surface area contributed by atoms with Crippen LogP contribution in [0.1, 0.15) is 35.1 Å². The number of hydrogen-bond donors (Lipinski definition) is 1. The van der Waals surface area contributed by atoms with Crippen LogP contribution in [-0.2, 0) is 11.0 Å². The van der Waals surface area contributed by atoms with Gasteiger partial charge in [-0.3, -0.25) is 4.79 Å². The molecule has 2 aromatic rings. The van der Waals surface area contributed by atoms with Gasteiger partial charge < -0.3 is 9.83 Å². The minimum atomic E-state index is -4.47. The summed E-state index contributed by atoms with van der Waals surface area (Å²) >= 11 is 0. The summed E-state index contributed by atoms with van der Waals surface area (Å²) in [5.74, 6) is -1.37. The fourth-order valence-electron chi connectivity index (χ4n) is 2.80. The Bertz CT molecular complexity index is 719. The topological polar surface area (TPSA) is 54.1 Å². The number of furan rings is 1. The third-order valence-corrected chi connectivity index (χ3v) is 3.83. The van der Waals surface area contributed by atoms with Crippen LogP contribution in [0, 0.1) is 5.41 Å². The lowest BCUT2D eigenvalue weighted by Gasteiger charge is -2.13. The average molecular weight is 307 g/mol. The molecule has 0 amide bonds. The zero-order valence-electron chi connectivity index (χ0n) is 11.4. The van der Waals surface area contributed by atoms with E-state index in [-0.39, 0.29) is 23.5 Å². The number of ketones is 1. The van der Waals surface area contributed by atoms with Crippen molar-refractivity contribution in [2.24, 2.45) is 0 Å². The maximum absolute atomic E-state index is 12.8. The van der Waals surface area contributed by atoms with Crippen LogP contribution in [0.4, 0.5) is 13.2 Å². The standard InChI is InChI=1S/C16H12F3NO2/c17-16(18,19)10-4-1-3-9(7-10)14-12(20)8-11(15(14)21)13-5-2-6-22-13/h1-7,11,14,20H,8H2. The van der Waals surface area contributed by atoms with E-state index in [4.69, 9.17) is 9.83 Å². The summed E-state index contributed by atoms with van der Waals surface area (Å²) in [5, 5.41) is 7.99. The maximum atomic E-state index is 12.8. The lowest BCUT2D eigenvalue weighted by Crippen LogP contribution is -2.15. The molecule has 22 heavy (non-hydrogen) atoms. The van der Waals surface area contributed by atoms with E-state index in [1.165, 1.54) is 18.4 Å². The van der Waals surface area contributed by atoms with Gasteiger partial charge in [0.05, 0.1) is 23.7 Å². The first-order valence-corrected chi connectivity index (χ1v) is 6.69. The van der Waals surface area contributed by atoms with Crippen LogP contribution < -0.4 is 0 Å². The number of alkyl halides is 3. The van der Waals surface area contributed by atoms with Gasteiger partial charge in [0.1, 0.15) is 5.76 Å². The third kappa shape index (κ3) is 2.45. The predicted molar refractivity (Wildman–Crippen MR) is 73.0 cm³/mol. The zero-order chi connectivity index (χ0) is 15.9. The first-order valence-electron chi connectivity index (χ1n) is 6.69. The predicted octanol–water partition coefficient (Wildman–Crippen LogP) is 4.16. The van der Waals surface area contributed by atoms with Gasteiger partial charge in [-0.25, -0.2) is 0 Å². The number of hydrogen-bond acceptors (Lipinski definition) is 3. The summed E-state index contributed by atoms with van der Waals surface area (Å²) in [6, 6.07) is 7.90. The Hall–Kier alpha value is -2.37. The van der Waals surface area contributed by atoms with E-state index in [9.17, 15) is 18.0 Å². The molecule has 114 valence electrons. The molecule has 1 aromatic carbocycles. The first-order chi connectivity index (χ1) is 10.4. The molecule has 1 aliphatic rings. The van der Waals surface area contributed by atoms with Crippen molar-refractivity contribution in [3.05, 3.63) is 59.5 Å². The summed E-state index contributed by atoms with van der Waals surface area (Å²) in [7, 11) is 0. The van der Waals surface area contributed by atoms with E-state index < -0.39 is 23.6 Å². The van der Waals surface area contributed by atoms with Gasteiger partial charge in [-0.2, -0.15) is 13.2 Å². The quantitative estimate of drug-likeness (QED) is 0.905. The van der Waals surface area contributed by atoms with Gasteiger partial charge in [-0.05, 0) is 23.8 Å². The van der Waals surface area contributed by atoms with Crippen molar-refractivity contribution >= 4 is 11.5 Å². The van der Waals surface area contributed by atoms with Gasteiger partial charge >= 0.3 is 6.18 Å². The van der Waals surface area contributed by atoms with Gasteiger partial charge in [-0.15, -0.1) is 0 Å². The van der Waals surface area contributed by atoms with Gasteiger partial charge in [0.25, 0.3) is 0 Å². The summed E-state index contributed by atoms with van der Waals surface area (Å²) in [5.41, 5.74) is -0.489. The second-order valence-corrected chi connectivity index (χ2v) is 5.26. The molecule has 1 aromatic heterocycles. The van der Waals surface area contributed by atoms with Gasteiger partial charge in [0.2, 0.25) is 0 Å². The molecule has 2 atom stereocenters. The molecule has 1 aliphatic carbocycles. The van der Waals surface area contributed by atoms with Crippen molar-refractivity contribution in [1.82, 2.24) is 0 Å². The minimum Gasteiger partial charge on any atom is -0.469 e. The summed E-state index contributed by atoms with van der Waals surface area (Å²) in [6.07, 6.45) is -2.86. The normalized spacial score (nSPS) is 22.3. The van der Waals surface area contributed by atoms with Gasteiger partial charge in [-0.1, -0.05) is 18.2 Å². The van der Waals surface area contributed by atoms with Crippen molar-refractivity contribution in [1.29, 1.82) is 5.41 Å². The van der Waals surface area contributed by atoms with Crippen molar-refractivity contribution in [2.75, 3.05) is 0 Å². The van der Waals surface area contributed by atoms with Crippen molar-refractivity contribution < 1.29 is 22.4 Å². The second kappa shape index (κ2) is 5.12. The van der Waals surface area contributed by atoms with Crippen molar-refractivity contribution in [3.8, 4) is 0 Å². The van der Waals surface area contributed by atoms with Crippen LogP contribution >= 0.6 is 0 Å². The molecular weight excluding hydrogens is 295 g/mol. The van der Waals surface area contributed by atoms with Crippen LogP contribution in [-0.4, -0.2) is 11.5 Å². The number of carbonyl (C=O) groups excluding carboxylic acids is 1. The number of Topliss-reactive ketones (excluding diaryl/α,β-unsaturated/α-hetero) is 1. The number of carbonyl (C=O) groups is 1. The number of rotatable bonds is 2. The van der Waals surface area contributed by atoms with Crippen molar-refractivity contribution in [2.45, 2.75) is 24.4 Å². The second-order valence-electron chi connectivity index (χ2n) is 5.26. The smallest absolute Gasteiger partial charge is 0.416 e. The van der Waals surface area contributed by atoms with E-state index >= 15 is 0 Å². The Morgan fingerprint density at radius 2 is 1.95 bits per heavy atom. The Labute approximate surface area is 124 Å². The van der Waals surface area contributed by atoms with E-state index in [2.05, 4.69) is 0 Å². The number of nitrogens with one attached hydrogen (secondary N) is 1. The number of halogens is 3. The average Bonchev–Trinajstić information content (AvgIpc) is 3.06. The lowest BCUT2D eigenvalue weighted by molar-refractivity contribution is -0.137. The first kappa shape index (κ1) is 14.6. The molecule has 2 unspecified atom stereocenters. The Kier molecular flexibility index (Phi) is 3.39. The van der Waals surface area contributed by atoms with Crippen LogP contribution in [0.15, 0.2) is 47.1 Å². The summed E-state index contributed by atoms with van der Waals surface area (Å²) in [6.45, 7) is 0. The molecular formula is C16H12F3NO2. The highest BCUT2D eigenvalue weighted by molar-refractivity contribution is 6.17. The molecule has 1 N–H and O–H groups in total. The molecule has 0 radical (unpaired) electrons. The molecule has 1 fully saturated rings. The fraction of sp³-hybridized carbons (Fsp3) is 0.250. The third-order valence-electron chi connectivity index (χ3n) is 3.83. The molecule has 0 saturated heterocycles. The molecule has 0 spiro atoms. The highest BCUT2D eigenvalue weighted by atomic mass is 19.4. The van der Waals surface area contributed by atoms with Crippen LogP contribution in [0.3, 0.4) is 0 Å². The SMILES string of the molecule is N=C1CC(c2ccco2)C(=O)C1c1cccc(C(F)(F)F)c1. The number of benzene rings is 1. The Morgan fingerprint density at radius 1 is 1.18 bits per heavy atom. The van der Waals surface area contributed by atoms with Gasteiger partial charge in [0.15, 0.2) is 5.78 Å². The highest BCUT2D eigenvalue weighted by Gasteiger charge is 2.42.